The summed E-state index contributed by atoms with van der Waals surface area (Å²) in [6.07, 6.45) is 7.00. The van der Waals surface area contributed by atoms with Crippen LogP contribution in [0.1, 0.15) is 5.56 Å². The summed E-state index contributed by atoms with van der Waals surface area (Å²) in [5, 5.41) is 0. The number of rotatable bonds is 0. The fourth-order valence-corrected chi connectivity index (χ4v) is 2.01. The van der Waals surface area contributed by atoms with E-state index in [9.17, 15) is 0 Å². The predicted molar refractivity (Wildman–Crippen MR) is 54.0 cm³/mol. The largest absolute Gasteiger partial charge is 0.337 e. The molecule has 0 saturated heterocycles. The fourth-order valence-electron chi connectivity index (χ4n) is 2.01. The van der Waals surface area contributed by atoms with E-state index in [1.165, 1.54) is 11.3 Å². The van der Waals surface area contributed by atoms with Crippen LogP contribution in [0.15, 0.2) is 41.7 Å². The van der Waals surface area contributed by atoms with Crippen LogP contribution >= 0.6 is 0 Å². The maximum atomic E-state index is 4.16. The Bertz CT molecular complexity index is 393. The Hall–Kier alpha value is -1.57. The summed E-state index contributed by atoms with van der Waals surface area (Å²) in [4.78, 5) is 6.44. The molecule has 2 heterocycles. The zero-order valence-electron chi connectivity index (χ0n) is 7.22. The van der Waals surface area contributed by atoms with Crippen molar-refractivity contribution in [3.05, 3.63) is 42.2 Å². The molecule has 3 rings (SSSR count). The van der Waals surface area contributed by atoms with Crippen molar-refractivity contribution in [3.8, 4) is 0 Å². The van der Waals surface area contributed by atoms with E-state index in [4.69, 9.17) is 0 Å². The standard InChI is InChI=1S/C11H10N2/c1-2-4-11-9(3-1)7-10-8-12-5-6-13(10)11/h1-6,8,10H,7H2. The predicted octanol–water partition coefficient (Wildman–Crippen LogP) is 1.97. The third-order valence-corrected chi connectivity index (χ3v) is 2.63. The maximum absolute atomic E-state index is 4.16. The topological polar surface area (TPSA) is 15.6 Å². The molecule has 0 spiro atoms. The molecule has 1 aromatic rings. The Kier molecular flexibility index (Phi) is 1.30. The van der Waals surface area contributed by atoms with Gasteiger partial charge in [-0.15, -0.1) is 0 Å². The van der Waals surface area contributed by atoms with Crippen molar-refractivity contribution >= 4 is 11.9 Å². The molecule has 0 N–H and O–H groups in total. The molecule has 2 heteroatoms. The molecule has 0 radical (unpaired) electrons. The molecule has 0 amide bonds. The van der Waals surface area contributed by atoms with Crippen molar-refractivity contribution in [2.45, 2.75) is 12.5 Å². The van der Waals surface area contributed by atoms with Crippen LogP contribution < -0.4 is 4.90 Å². The number of anilines is 1. The Morgan fingerprint density at radius 2 is 2.23 bits per heavy atom. The second-order valence-corrected chi connectivity index (χ2v) is 3.40. The molecule has 1 aromatic carbocycles. The highest BCUT2D eigenvalue weighted by molar-refractivity contribution is 5.79. The Balaban J connectivity index is 2.12. The third-order valence-electron chi connectivity index (χ3n) is 2.63. The van der Waals surface area contributed by atoms with Gasteiger partial charge in [-0.25, -0.2) is 0 Å². The molecule has 1 atom stereocenters. The van der Waals surface area contributed by atoms with Crippen LogP contribution in [0.25, 0.3) is 0 Å². The molecule has 0 saturated carbocycles. The highest BCUT2D eigenvalue weighted by Gasteiger charge is 2.26. The Labute approximate surface area is 77.2 Å². The molecule has 0 aromatic heterocycles. The van der Waals surface area contributed by atoms with Gasteiger partial charge in [-0.1, -0.05) is 18.2 Å². The van der Waals surface area contributed by atoms with E-state index < -0.39 is 0 Å². The summed E-state index contributed by atoms with van der Waals surface area (Å²) in [7, 11) is 0. The van der Waals surface area contributed by atoms with E-state index >= 15 is 0 Å². The zero-order chi connectivity index (χ0) is 8.67. The van der Waals surface area contributed by atoms with Gasteiger partial charge in [0.05, 0.1) is 6.04 Å². The SMILES string of the molecule is C1=CN2c3ccccc3CC2C=N1. The lowest BCUT2D eigenvalue weighted by atomic mass is 10.1. The Morgan fingerprint density at radius 1 is 1.31 bits per heavy atom. The molecule has 2 nitrogen and oxygen atoms in total. The number of para-hydroxylation sites is 1. The van der Waals surface area contributed by atoms with Gasteiger partial charge in [0, 0.05) is 30.7 Å². The van der Waals surface area contributed by atoms with Gasteiger partial charge in [0.2, 0.25) is 0 Å². The lowest BCUT2D eigenvalue weighted by Crippen LogP contribution is -2.29. The van der Waals surface area contributed by atoms with Crippen LogP contribution in [0, 0.1) is 0 Å². The molecule has 2 aliphatic rings. The van der Waals surface area contributed by atoms with E-state index in [1.54, 1.807) is 0 Å². The van der Waals surface area contributed by atoms with Crippen molar-refractivity contribution in [2.75, 3.05) is 4.90 Å². The number of hydrogen-bond acceptors (Lipinski definition) is 2. The van der Waals surface area contributed by atoms with Crippen molar-refractivity contribution < 1.29 is 0 Å². The number of hydrogen-bond donors (Lipinski definition) is 0. The number of aliphatic imine (C=N–C) groups is 1. The first-order valence-electron chi connectivity index (χ1n) is 4.51. The Morgan fingerprint density at radius 3 is 3.23 bits per heavy atom. The van der Waals surface area contributed by atoms with Gasteiger partial charge < -0.3 is 4.90 Å². The van der Waals surface area contributed by atoms with Gasteiger partial charge in [0.1, 0.15) is 0 Å². The van der Waals surface area contributed by atoms with E-state index in [2.05, 4.69) is 40.4 Å². The average molecular weight is 170 g/mol. The van der Waals surface area contributed by atoms with Gasteiger partial charge >= 0.3 is 0 Å². The summed E-state index contributed by atoms with van der Waals surface area (Å²) in [5.41, 5.74) is 2.75. The van der Waals surface area contributed by atoms with Crippen LogP contribution in [0.4, 0.5) is 5.69 Å². The highest BCUT2D eigenvalue weighted by Crippen LogP contribution is 2.32. The monoisotopic (exact) mass is 170 g/mol. The first kappa shape index (κ1) is 6.89. The van der Waals surface area contributed by atoms with E-state index in [1.807, 2.05) is 12.4 Å². The first-order chi connectivity index (χ1) is 6.45. The zero-order valence-corrected chi connectivity index (χ0v) is 7.22. The van der Waals surface area contributed by atoms with Crippen LogP contribution in [0.5, 0.6) is 0 Å². The van der Waals surface area contributed by atoms with Crippen LogP contribution in [-0.4, -0.2) is 12.3 Å². The summed E-state index contributed by atoms with van der Waals surface area (Å²) >= 11 is 0. The second kappa shape index (κ2) is 2.46. The third kappa shape index (κ3) is 0.917. The number of nitrogens with zero attached hydrogens (tertiary/aromatic N) is 2. The van der Waals surface area contributed by atoms with Crippen LogP contribution in [0.2, 0.25) is 0 Å². The minimum atomic E-state index is 0.447. The van der Waals surface area contributed by atoms with Gasteiger partial charge in [0.25, 0.3) is 0 Å². The summed E-state index contributed by atoms with van der Waals surface area (Å²) in [6.45, 7) is 0. The van der Waals surface area contributed by atoms with Gasteiger partial charge in [0.15, 0.2) is 0 Å². The average Bonchev–Trinajstić information content (AvgIpc) is 2.56. The van der Waals surface area contributed by atoms with Crippen molar-refractivity contribution in [1.29, 1.82) is 0 Å². The van der Waals surface area contributed by atoms with Gasteiger partial charge in [-0.2, -0.15) is 0 Å². The highest BCUT2D eigenvalue weighted by atomic mass is 15.2. The lowest BCUT2D eigenvalue weighted by Gasteiger charge is -2.21. The summed E-state index contributed by atoms with van der Waals surface area (Å²) in [5.74, 6) is 0. The van der Waals surface area contributed by atoms with E-state index in [-0.39, 0.29) is 0 Å². The molecule has 13 heavy (non-hydrogen) atoms. The second-order valence-electron chi connectivity index (χ2n) is 3.40. The van der Waals surface area contributed by atoms with Crippen molar-refractivity contribution in [1.82, 2.24) is 0 Å². The fraction of sp³-hybridized carbons (Fsp3) is 0.182. The quantitative estimate of drug-likeness (QED) is 0.581. The van der Waals surface area contributed by atoms with Crippen molar-refractivity contribution in [2.24, 2.45) is 4.99 Å². The molecule has 1 unspecified atom stereocenters. The first-order valence-corrected chi connectivity index (χ1v) is 4.51. The minimum absolute atomic E-state index is 0.447. The van der Waals surface area contributed by atoms with Crippen LogP contribution in [0.3, 0.4) is 0 Å². The number of fused-ring (bicyclic) bond motifs is 3. The molecule has 0 fully saturated rings. The lowest BCUT2D eigenvalue weighted by molar-refractivity contribution is 0.871. The summed E-state index contributed by atoms with van der Waals surface area (Å²) < 4.78 is 0. The molecule has 0 bridgehead atoms. The van der Waals surface area contributed by atoms with Crippen LogP contribution in [-0.2, 0) is 6.42 Å². The summed E-state index contributed by atoms with van der Waals surface area (Å²) in [6, 6.07) is 8.98. The molecule has 2 aliphatic heterocycles. The maximum Gasteiger partial charge on any atom is 0.0729 e. The molecular formula is C11H10N2. The van der Waals surface area contributed by atoms with E-state index in [0.29, 0.717) is 6.04 Å². The smallest absolute Gasteiger partial charge is 0.0729 e. The van der Waals surface area contributed by atoms with Gasteiger partial charge in [-0.3, -0.25) is 4.99 Å². The normalized spacial score (nSPS) is 23.1. The minimum Gasteiger partial charge on any atom is -0.337 e. The molecular weight excluding hydrogens is 160 g/mol. The molecule has 0 aliphatic carbocycles. The molecule has 64 valence electrons. The van der Waals surface area contributed by atoms with E-state index in [0.717, 1.165) is 6.42 Å². The number of benzene rings is 1. The van der Waals surface area contributed by atoms with Crippen molar-refractivity contribution in [3.63, 3.8) is 0 Å². The van der Waals surface area contributed by atoms with Gasteiger partial charge in [-0.05, 0) is 11.6 Å².